The number of aromatic carboxylic acids is 1. The number of carboxylic acid groups (broad SMARTS) is 1. The Hall–Kier alpha value is -3.02. The number of hydrogen-bond donors (Lipinski definition) is 1. The summed E-state index contributed by atoms with van der Waals surface area (Å²) in [5, 5.41) is 9.26. The van der Waals surface area contributed by atoms with Crippen molar-refractivity contribution in [3.63, 3.8) is 0 Å². The van der Waals surface area contributed by atoms with Gasteiger partial charge < -0.3 is 19.2 Å². The average molecular weight is 396 g/mol. The van der Waals surface area contributed by atoms with Crippen molar-refractivity contribution < 1.29 is 19.1 Å². The number of nitrogens with zero attached hydrogens (tertiary/aromatic N) is 2. The number of para-hydroxylation sites is 3. The number of benzene rings is 2. The van der Waals surface area contributed by atoms with Gasteiger partial charge in [-0.15, -0.1) is 0 Å². The Kier molecular flexibility index (Phi) is 7.50. The Morgan fingerprint density at radius 3 is 2.59 bits per heavy atom. The second kappa shape index (κ2) is 10.5. The molecule has 0 aliphatic rings. The Balaban J connectivity index is 1.60. The van der Waals surface area contributed by atoms with Gasteiger partial charge in [-0.1, -0.05) is 50.5 Å². The van der Waals surface area contributed by atoms with Crippen LogP contribution in [-0.2, 0) is 0 Å². The normalized spacial score (nSPS) is 10.9. The van der Waals surface area contributed by atoms with E-state index in [1.807, 2.05) is 24.3 Å². The third kappa shape index (κ3) is 5.73. The number of ether oxygens (including phenoxy) is 1. The summed E-state index contributed by atoms with van der Waals surface area (Å²) in [5.41, 5.74) is 1.82. The summed E-state index contributed by atoms with van der Waals surface area (Å²) in [5.74, 6) is -0.582. The van der Waals surface area contributed by atoms with Crippen molar-refractivity contribution in [2.24, 2.45) is 0 Å². The molecule has 1 heterocycles. The first kappa shape index (κ1) is 20.7. The molecule has 0 bridgehead atoms. The molecular formula is C23H28N2O4. The topological polar surface area (TPSA) is 75.8 Å². The van der Waals surface area contributed by atoms with Crippen molar-refractivity contribution in [2.75, 3.05) is 24.6 Å². The van der Waals surface area contributed by atoms with Crippen LogP contribution < -0.4 is 9.64 Å². The maximum Gasteiger partial charge on any atom is 0.339 e. The first-order valence-electron chi connectivity index (χ1n) is 10.2. The predicted molar refractivity (Wildman–Crippen MR) is 114 cm³/mol. The standard InChI is InChI=1S/C23H28N2O4/c1-2-3-4-9-15-25(23-24-19-12-6-8-14-21(19)29-23)16-10-17-28-20-13-7-5-11-18(20)22(26)27/h5-8,11-14H,2-4,9-10,15-17H2,1H3,(H,26,27). The zero-order chi connectivity index (χ0) is 20.5. The number of carboxylic acids is 1. The summed E-state index contributed by atoms with van der Waals surface area (Å²) in [6, 6.07) is 15.1. The summed E-state index contributed by atoms with van der Waals surface area (Å²) < 4.78 is 11.7. The molecule has 154 valence electrons. The van der Waals surface area contributed by atoms with Gasteiger partial charge in [0.25, 0.3) is 6.01 Å². The van der Waals surface area contributed by atoms with Gasteiger partial charge in [-0.3, -0.25) is 0 Å². The van der Waals surface area contributed by atoms with Crippen LogP contribution in [0.5, 0.6) is 5.75 Å². The lowest BCUT2D eigenvalue weighted by atomic mass is 10.2. The minimum absolute atomic E-state index is 0.183. The van der Waals surface area contributed by atoms with Crippen molar-refractivity contribution in [3.8, 4) is 5.75 Å². The second-order valence-corrected chi connectivity index (χ2v) is 7.02. The molecule has 0 atom stereocenters. The molecule has 0 unspecified atom stereocenters. The van der Waals surface area contributed by atoms with E-state index in [9.17, 15) is 9.90 Å². The largest absolute Gasteiger partial charge is 0.493 e. The Morgan fingerprint density at radius 1 is 1.03 bits per heavy atom. The van der Waals surface area contributed by atoms with E-state index >= 15 is 0 Å². The maximum absolute atomic E-state index is 11.3. The molecule has 1 N–H and O–H groups in total. The summed E-state index contributed by atoms with van der Waals surface area (Å²) in [6.45, 7) is 4.23. The fraction of sp³-hybridized carbons (Fsp3) is 0.391. The number of fused-ring (bicyclic) bond motifs is 1. The van der Waals surface area contributed by atoms with E-state index in [-0.39, 0.29) is 5.56 Å². The summed E-state index contributed by atoms with van der Waals surface area (Å²) in [6.07, 6.45) is 5.40. The molecule has 6 heteroatoms. The first-order valence-corrected chi connectivity index (χ1v) is 10.2. The molecule has 0 amide bonds. The Morgan fingerprint density at radius 2 is 1.79 bits per heavy atom. The molecule has 3 aromatic rings. The van der Waals surface area contributed by atoms with Crippen LogP contribution in [0.25, 0.3) is 11.1 Å². The van der Waals surface area contributed by atoms with Crippen molar-refractivity contribution in [2.45, 2.75) is 39.0 Å². The van der Waals surface area contributed by atoms with Gasteiger partial charge in [0.05, 0.1) is 6.61 Å². The van der Waals surface area contributed by atoms with Crippen LogP contribution in [0.1, 0.15) is 49.4 Å². The van der Waals surface area contributed by atoms with Crippen LogP contribution in [0.15, 0.2) is 52.9 Å². The number of carbonyl (C=O) groups is 1. The van der Waals surface area contributed by atoms with Gasteiger partial charge in [-0.05, 0) is 37.1 Å². The quantitative estimate of drug-likeness (QED) is 0.414. The fourth-order valence-corrected chi connectivity index (χ4v) is 3.23. The first-order chi connectivity index (χ1) is 14.2. The van der Waals surface area contributed by atoms with E-state index in [4.69, 9.17) is 9.15 Å². The molecule has 0 aliphatic carbocycles. The van der Waals surface area contributed by atoms with E-state index < -0.39 is 5.97 Å². The van der Waals surface area contributed by atoms with Crippen LogP contribution in [0.4, 0.5) is 6.01 Å². The smallest absolute Gasteiger partial charge is 0.339 e. The highest BCUT2D eigenvalue weighted by molar-refractivity contribution is 5.90. The lowest BCUT2D eigenvalue weighted by Gasteiger charge is -2.20. The molecule has 0 saturated carbocycles. The van der Waals surface area contributed by atoms with Crippen LogP contribution in [0.3, 0.4) is 0 Å². The molecule has 0 spiro atoms. The number of oxazole rings is 1. The van der Waals surface area contributed by atoms with Gasteiger partial charge >= 0.3 is 5.97 Å². The van der Waals surface area contributed by atoms with E-state index in [0.717, 1.165) is 37.0 Å². The molecule has 3 rings (SSSR count). The average Bonchev–Trinajstić information content (AvgIpc) is 3.17. The minimum Gasteiger partial charge on any atom is -0.493 e. The predicted octanol–water partition coefficient (Wildman–Crippen LogP) is 5.38. The van der Waals surface area contributed by atoms with E-state index in [1.54, 1.807) is 24.3 Å². The number of rotatable bonds is 12. The number of anilines is 1. The molecule has 0 aliphatic heterocycles. The third-order valence-corrected chi connectivity index (χ3v) is 4.78. The zero-order valence-electron chi connectivity index (χ0n) is 16.8. The molecule has 0 fully saturated rings. The molecule has 1 aromatic heterocycles. The molecule has 0 radical (unpaired) electrons. The van der Waals surface area contributed by atoms with Gasteiger partial charge in [0, 0.05) is 13.1 Å². The van der Waals surface area contributed by atoms with Gasteiger partial charge in [0.15, 0.2) is 5.58 Å². The van der Waals surface area contributed by atoms with Crippen molar-refractivity contribution in [1.82, 2.24) is 4.98 Å². The lowest BCUT2D eigenvalue weighted by molar-refractivity contribution is 0.0692. The highest BCUT2D eigenvalue weighted by Gasteiger charge is 2.14. The van der Waals surface area contributed by atoms with Gasteiger partial charge in [-0.2, -0.15) is 4.98 Å². The number of hydrogen-bond acceptors (Lipinski definition) is 5. The van der Waals surface area contributed by atoms with Crippen LogP contribution >= 0.6 is 0 Å². The van der Waals surface area contributed by atoms with Crippen molar-refractivity contribution >= 4 is 23.1 Å². The van der Waals surface area contributed by atoms with E-state index in [0.29, 0.717) is 18.4 Å². The third-order valence-electron chi connectivity index (χ3n) is 4.78. The maximum atomic E-state index is 11.3. The van der Waals surface area contributed by atoms with E-state index in [2.05, 4.69) is 16.8 Å². The second-order valence-electron chi connectivity index (χ2n) is 7.02. The zero-order valence-corrected chi connectivity index (χ0v) is 16.8. The number of aromatic nitrogens is 1. The minimum atomic E-state index is -0.982. The highest BCUT2D eigenvalue weighted by Crippen LogP contribution is 2.23. The SMILES string of the molecule is CCCCCCN(CCCOc1ccccc1C(=O)O)c1nc2ccccc2o1. The molecule has 29 heavy (non-hydrogen) atoms. The summed E-state index contributed by atoms with van der Waals surface area (Å²) in [7, 11) is 0. The molecule has 2 aromatic carbocycles. The summed E-state index contributed by atoms with van der Waals surface area (Å²) >= 11 is 0. The van der Waals surface area contributed by atoms with Crippen LogP contribution in [0.2, 0.25) is 0 Å². The van der Waals surface area contributed by atoms with Crippen molar-refractivity contribution in [3.05, 3.63) is 54.1 Å². The Bertz CT molecular complexity index is 889. The number of unbranched alkanes of at least 4 members (excludes halogenated alkanes) is 3. The van der Waals surface area contributed by atoms with Gasteiger partial charge in [0.1, 0.15) is 16.8 Å². The fourth-order valence-electron chi connectivity index (χ4n) is 3.23. The lowest BCUT2D eigenvalue weighted by Crippen LogP contribution is -2.27. The van der Waals surface area contributed by atoms with Gasteiger partial charge in [-0.25, -0.2) is 4.79 Å². The van der Waals surface area contributed by atoms with Crippen LogP contribution in [-0.4, -0.2) is 35.8 Å². The van der Waals surface area contributed by atoms with Crippen molar-refractivity contribution in [1.29, 1.82) is 0 Å². The molecule has 0 saturated heterocycles. The highest BCUT2D eigenvalue weighted by atomic mass is 16.5. The van der Waals surface area contributed by atoms with Crippen LogP contribution in [0, 0.1) is 0 Å². The van der Waals surface area contributed by atoms with Gasteiger partial charge in [0.2, 0.25) is 0 Å². The molecular weight excluding hydrogens is 368 g/mol. The monoisotopic (exact) mass is 396 g/mol. The molecule has 6 nitrogen and oxygen atoms in total. The van der Waals surface area contributed by atoms with E-state index in [1.165, 1.54) is 19.3 Å². The Labute approximate surface area is 171 Å². The summed E-state index contributed by atoms with van der Waals surface area (Å²) in [4.78, 5) is 18.1.